The van der Waals surface area contributed by atoms with E-state index in [0.29, 0.717) is 26.0 Å². The Kier molecular flexibility index (Phi) is 6.05. The van der Waals surface area contributed by atoms with Gasteiger partial charge in [0.2, 0.25) is 5.91 Å². The molecule has 0 atom stereocenters. The van der Waals surface area contributed by atoms with Gasteiger partial charge in [0, 0.05) is 12.5 Å². The number of ether oxygens (including phenoxy) is 1. The quantitative estimate of drug-likeness (QED) is 0.465. The lowest BCUT2D eigenvalue weighted by atomic mass is 10.2. The van der Waals surface area contributed by atoms with E-state index in [1.807, 2.05) is 13.8 Å². The Morgan fingerprint density at radius 2 is 2.25 bits per heavy atom. The van der Waals surface area contributed by atoms with Crippen LogP contribution < -0.4 is 5.32 Å². The van der Waals surface area contributed by atoms with E-state index in [9.17, 15) is 9.59 Å². The van der Waals surface area contributed by atoms with Gasteiger partial charge in [-0.3, -0.25) is 9.59 Å². The Morgan fingerprint density at radius 3 is 2.75 bits per heavy atom. The van der Waals surface area contributed by atoms with Gasteiger partial charge >= 0.3 is 0 Å². The minimum Gasteiger partial charge on any atom is -0.468 e. The first-order chi connectivity index (χ1) is 5.68. The SMILES string of the molecule is CC(C)C(=O)NCCCOC=O. The molecule has 0 aliphatic heterocycles. The summed E-state index contributed by atoms with van der Waals surface area (Å²) < 4.78 is 4.44. The van der Waals surface area contributed by atoms with Crippen molar-refractivity contribution in [3.8, 4) is 0 Å². The summed E-state index contributed by atoms with van der Waals surface area (Å²) in [7, 11) is 0. The first kappa shape index (κ1) is 10.9. The molecule has 0 unspecified atom stereocenters. The highest BCUT2D eigenvalue weighted by Crippen LogP contribution is 1.90. The molecule has 4 heteroatoms. The summed E-state index contributed by atoms with van der Waals surface area (Å²) in [5.74, 6) is 0.0399. The van der Waals surface area contributed by atoms with Gasteiger partial charge in [0.05, 0.1) is 6.61 Å². The molecular formula is C8H15NO3. The van der Waals surface area contributed by atoms with Crippen molar-refractivity contribution < 1.29 is 14.3 Å². The number of nitrogens with one attached hydrogen (secondary N) is 1. The van der Waals surface area contributed by atoms with E-state index < -0.39 is 0 Å². The van der Waals surface area contributed by atoms with E-state index in [0.717, 1.165) is 0 Å². The van der Waals surface area contributed by atoms with Gasteiger partial charge in [0.1, 0.15) is 0 Å². The molecule has 0 aliphatic carbocycles. The molecule has 12 heavy (non-hydrogen) atoms. The second-order valence-electron chi connectivity index (χ2n) is 2.77. The second-order valence-corrected chi connectivity index (χ2v) is 2.77. The lowest BCUT2D eigenvalue weighted by Crippen LogP contribution is -2.29. The van der Waals surface area contributed by atoms with Gasteiger partial charge in [-0.2, -0.15) is 0 Å². The third-order valence-corrected chi connectivity index (χ3v) is 1.33. The van der Waals surface area contributed by atoms with Crippen LogP contribution in [0.15, 0.2) is 0 Å². The van der Waals surface area contributed by atoms with Crippen molar-refractivity contribution in [3.63, 3.8) is 0 Å². The van der Waals surface area contributed by atoms with Crippen molar-refractivity contribution in [3.05, 3.63) is 0 Å². The highest BCUT2D eigenvalue weighted by atomic mass is 16.5. The van der Waals surface area contributed by atoms with Crippen molar-refractivity contribution >= 4 is 12.4 Å². The minimum absolute atomic E-state index is 0.0111. The molecule has 0 spiro atoms. The Labute approximate surface area is 72.3 Å². The van der Waals surface area contributed by atoms with Gasteiger partial charge < -0.3 is 10.1 Å². The van der Waals surface area contributed by atoms with Crippen molar-refractivity contribution in [2.45, 2.75) is 20.3 Å². The Morgan fingerprint density at radius 1 is 1.58 bits per heavy atom. The van der Waals surface area contributed by atoms with E-state index in [2.05, 4.69) is 10.1 Å². The fourth-order valence-electron chi connectivity index (χ4n) is 0.619. The molecule has 0 fully saturated rings. The highest BCUT2D eigenvalue weighted by Gasteiger charge is 2.04. The van der Waals surface area contributed by atoms with E-state index in [4.69, 9.17) is 0 Å². The Bertz CT molecular complexity index is 145. The zero-order valence-electron chi connectivity index (χ0n) is 7.50. The number of hydrogen-bond donors (Lipinski definition) is 1. The Balaban J connectivity index is 3.19. The van der Waals surface area contributed by atoms with Crippen LogP contribution in [0.3, 0.4) is 0 Å². The average molecular weight is 173 g/mol. The molecule has 0 radical (unpaired) electrons. The molecule has 1 amide bonds. The third kappa shape index (κ3) is 5.70. The number of hydrogen-bond acceptors (Lipinski definition) is 3. The van der Waals surface area contributed by atoms with Gasteiger partial charge in [-0.05, 0) is 6.42 Å². The highest BCUT2D eigenvalue weighted by molar-refractivity contribution is 5.77. The maximum Gasteiger partial charge on any atom is 0.293 e. The largest absolute Gasteiger partial charge is 0.468 e. The van der Waals surface area contributed by atoms with Gasteiger partial charge in [0.25, 0.3) is 6.47 Å². The van der Waals surface area contributed by atoms with E-state index in [1.54, 1.807) is 0 Å². The fourth-order valence-corrected chi connectivity index (χ4v) is 0.619. The smallest absolute Gasteiger partial charge is 0.293 e. The lowest BCUT2D eigenvalue weighted by molar-refractivity contribution is -0.128. The number of amides is 1. The second kappa shape index (κ2) is 6.64. The summed E-state index contributed by atoms with van der Waals surface area (Å²) in [6.45, 7) is 4.99. The van der Waals surface area contributed by atoms with Crippen LogP contribution in [0.1, 0.15) is 20.3 Å². The topological polar surface area (TPSA) is 55.4 Å². The molecule has 0 heterocycles. The van der Waals surface area contributed by atoms with Crippen LogP contribution in [0, 0.1) is 5.92 Å². The first-order valence-corrected chi connectivity index (χ1v) is 4.01. The van der Waals surface area contributed by atoms with Gasteiger partial charge in [0.15, 0.2) is 0 Å². The molecule has 70 valence electrons. The Hall–Kier alpha value is -1.06. The van der Waals surface area contributed by atoms with Crippen LogP contribution in [0.4, 0.5) is 0 Å². The van der Waals surface area contributed by atoms with Gasteiger partial charge in [-0.15, -0.1) is 0 Å². The van der Waals surface area contributed by atoms with Crippen molar-refractivity contribution in [2.75, 3.05) is 13.2 Å². The number of carbonyl (C=O) groups excluding carboxylic acids is 2. The van der Waals surface area contributed by atoms with Crippen LogP contribution in [-0.2, 0) is 14.3 Å². The van der Waals surface area contributed by atoms with Crippen molar-refractivity contribution in [1.29, 1.82) is 0 Å². The zero-order chi connectivity index (χ0) is 9.40. The van der Waals surface area contributed by atoms with E-state index in [1.165, 1.54) is 0 Å². The minimum atomic E-state index is 0.0111. The van der Waals surface area contributed by atoms with Gasteiger partial charge in [-0.1, -0.05) is 13.8 Å². The predicted octanol–water partition coefficient (Wildman–Crippen LogP) is 0.322. The number of carbonyl (C=O) groups is 2. The standard InChI is InChI=1S/C8H15NO3/c1-7(2)8(11)9-4-3-5-12-6-10/h6-7H,3-5H2,1-2H3,(H,9,11). The molecular weight excluding hydrogens is 158 g/mol. The molecule has 0 aromatic heterocycles. The summed E-state index contributed by atoms with van der Waals surface area (Å²) >= 11 is 0. The molecule has 0 aromatic carbocycles. The molecule has 0 aliphatic rings. The zero-order valence-corrected chi connectivity index (χ0v) is 7.50. The van der Waals surface area contributed by atoms with Crippen molar-refractivity contribution in [2.24, 2.45) is 5.92 Å². The van der Waals surface area contributed by atoms with Gasteiger partial charge in [-0.25, -0.2) is 0 Å². The molecule has 1 N–H and O–H groups in total. The lowest BCUT2D eigenvalue weighted by Gasteiger charge is -2.06. The third-order valence-electron chi connectivity index (χ3n) is 1.33. The summed E-state index contributed by atoms with van der Waals surface area (Å²) in [6.07, 6.45) is 0.664. The van der Waals surface area contributed by atoms with Crippen LogP contribution >= 0.6 is 0 Å². The molecule has 0 rings (SSSR count). The van der Waals surface area contributed by atoms with Crippen LogP contribution in [0.2, 0.25) is 0 Å². The monoisotopic (exact) mass is 173 g/mol. The normalized spacial score (nSPS) is 9.58. The molecule has 0 aromatic rings. The van der Waals surface area contributed by atoms with E-state index in [-0.39, 0.29) is 11.8 Å². The van der Waals surface area contributed by atoms with Crippen LogP contribution in [0.5, 0.6) is 0 Å². The summed E-state index contributed by atoms with van der Waals surface area (Å²) in [6, 6.07) is 0. The van der Waals surface area contributed by atoms with Crippen molar-refractivity contribution in [1.82, 2.24) is 5.32 Å². The molecule has 0 bridgehead atoms. The maximum absolute atomic E-state index is 11.0. The summed E-state index contributed by atoms with van der Waals surface area (Å²) in [5, 5.41) is 2.71. The van der Waals surface area contributed by atoms with E-state index >= 15 is 0 Å². The summed E-state index contributed by atoms with van der Waals surface area (Å²) in [5.41, 5.74) is 0. The first-order valence-electron chi connectivity index (χ1n) is 4.01. The molecule has 4 nitrogen and oxygen atoms in total. The average Bonchev–Trinajstić information content (AvgIpc) is 2.03. The van der Waals surface area contributed by atoms with Crippen LogP contribution in [0.25, 0.3) is 0 Å². The number of rotatable bonds is 6. The maximum atomic E-state index is 11.0. The van der Waals surface area contributed by atoms with Crippen LogP contribution in [-0.4, -0.2) is 25.5 Å². The fraction of sp³-hybridized carbons (Fsp3) is 0.750. The molecule has 0 saturated heterocycles. The predicted molar refractivity (Wildman–Crippen MR) is 44.5 cm³/mol. The summed E-state index contributed by atoms with van der Waals surface area (Å²) in [4.78, 5) is 20.7. The molecule has 0 saturated carbocycles.